The molecule has 0 aliphatic carbocycles. The van der Waals surface area contributed by atoms with Crippen LogP contribution in [0.3, 0.4) is 0 Å². The number of benzene rings is 1. The molecule has 8 heteroatoms. The number of anilines is 1. The molecule has 23 heavy (non-hydrogen) atoms. The number of ether oxygens (including phenoxy) is 1. The summed E-state index contributed by atoms with van der Waals surface area (Å²) in [6, 6.07) is 8.01. The highest BCUT2D eigenvalue weighted by molar-refractivity contribution is 7.10. The average Bonchev–Trinajstić information content (AvgIpc) is 3.00. The zero-order chi connectivity index (χ0) is 16.8. The van der Waals surface area contributed by atoms with Crippen molar-refractivity contribution in [2.24, 2.45) is 0 Å². The molecule has 7 nitrogen and oxygen atoms in total. The summed E-state index contributed by atoms with van der Waals surface area (Å²) in [5.74, 6) is -1.05. The van der Waals surface area contributed by atoms with Gasteiger partial charge in [-0.1, -0.05) is 12.1 Å². The first-order chi connectivity index (χ1) is 11.0. The third kappa shape index (κ3) is 4.62. The number of esters is 1. The number of nitrogens with zero attached hydrogens (tertiary/aromatic N) is 1. The summed E-state index contributed by atoms with van der Waals surface area (Å²) >= 11 is 1.43. The van der Waals surface area contributed by atoms with Crippen LogP contribution in [0.25, 0.3) is 0 Å². The topological polar surface area (TPSA) is 98.5 Å². The summed E-state index contributed by atoms with van der Waals surface area (Å²) in [7, 11) is 0. The summed E-state index contributed by atoms with van der Waals surface area (Å²) in [6.45, 7) is 1.10. The summed E-state index contributed by atoms with van der Waals surface area (Å²) in [4.78, 5) is 34.6. The third-order valence-corrected chi connectivity index (χ3v) is 3.92. The van der Waals surface area contributed by atoms with Gasteiger partial charge in [-0.05, 0) is 24.4 Å². The Hall–Kier alpha value is -2.74. The molecule has 0 saturated carbocycles. The number of rotatable bonds is 6. The molecule has 2 rings (SSSR count). The predicted molar refractivity (Wildman–Crippen MR) is 85.4 cm³/mol. The molecule has 1 amide bonds. The van der Waals surface area contributed by atoms with Crippen LogP contribution in [0, 0.1) is 17.0 Å². The summed E-state index contributed by atoms with van der Waals surface area (Å²) < 4.78 is 4.89. The number of nitro benzene ring substituents is 1. The van der Waals surface area contributed by atoms with Gasteiger partial charge in [0, 0.05) is 10.9 Å². The van der Waals surface area contributed by atoms with Crippen LogP contribution in [0.15, 0.2) is 35.7 Å². The van der Waals surface area contributed by atoms with Crippen LogP contribution in [-0.4, -0.2) is 23.4 Å². The Balaban J connectivity index is 1.89. The molecular formula is C15H14N2O5S. The fourth-order valence-corrected chi connectivity index (χ4v) is 2.59. The van der Waals surface area contributed by atoms with E-state index < -0.39 is 23.4 Å². The minimum Gasteiger partial charge on any atom is -0.455 e. The monoisotopic (exact) mass is 334 g/mol. The molecule has 0 radical (unpaired) electrons. The van der Waals surface area contributed by atoms with Crippen LogP contribution in [0.4, 0.5) is 11.4 Å². The van der Waals surface area contributed by atoms with E-state index in [1.165, 1.54) is 30.4 Å². The lowest BCUT2D eigenvalue weighted by Crippen LogP contribution is -2.22. The second-order valence-corrected chi connectivity index (χ2v) is 5.70. The van der Waals surface area contributed by atoms with Crippen LogP contribution in [0.1, 0.15) is 10.4 Å². The number of hydrogen-bond acceptors (Lipinski definition) is 6. The Morgan fingerprint density at radius 2 is 2.09 bits per heavy atom. The highest BCUT2D eigenvalue weighted by Crippen LogP contribution is 2.24. The number of carbonyl (C=O) groups excluding carboxylic acids is 2. The largest absolute Gasteiger partial charge is 0.455 e. The van der Waals surface area contributed by atoms with Gasteiger partial charge in [0.05, 0.1) is 22.6 Å². The molecule has 1 aromatic heterocycles. The van der Waals surface area contributed by atoms with E-state index in [-0.39, 0.29) is 12.1 Å². The van der Waals surface area contributed by atoms with Gasteiger partial charge in [0.25, 0.3) is 11.6 Å². The van der Waals surface area contributed by atoms with Crippen molar-refractivity contribution in [2.45, 2.75) is 13.3 Å². The zero-order valence-corrected chi connectivity index (χ0v) is 13.1. The normalized spacial score (nSPS) is 10.1. The Labute approximate surface area is 136 Å². The van der Waals surface area contributed by atoms with Crippen molar-refractivity contribution in [3.8, 4) is 0 Å². The highest BCUT2D eigenvalue weighted by Gasteiger charge is 2.15. The number of carbonyl (C=O) groups is 2. The van der Waals surface area contributed by atoms with Gasteiger partial charge in [-0.25, -0.2) is 0 Å². The fraction of sp³-hybridized carbons (Fsp3) is 0.200. The standard InChI is InChI=1S/C15H14N2O5S/c1-10-12(5-2-6-13(10)17(20)21)16-14(18)9-22-15(19)8-11-4-3-7-23-11/h2-7H,8-9H2,1H3,(H,16,18). The molecule has 120 valence electrons. The van der Waals surface area contributed by atoms with Gasteiger partial charge in [-0.15, -0.1) is 11.3 Å². The number of hydrogen-bond donors (Lipinski definition) is 1. The predicted octanol–water partition coefficient (Wildman–Crippen LogP) is 2.69. The van der Waals surface area contributed by atoms with E-state index in [9.17, 15) is 19.7 Å². The van der Waals surface area contributed by atoms with Crippen LogP contribution >= 0.6 is 11.3 Å². The van der Waals surface area contributed by atoms with Crippen LogP contribution < -0.4 is 5.32 Å². The molecule has 1 N–H and O–H groups in total. The van der Waals surface area contributed by atoms with E-state index in [1.807, 2.05) is 11.4 Å². The van der Waals surface area contributed by atoms with Crippen LogP contribution in [-0.2, 0) is 20.7 Å². The van der Waals surface area contributed by atoms with Gasteiger partial charge in [0.2, 0.25) is 0 Å². The number of nitro groups is 1. The summed E-state index contributed by atoms with van der Waals surface area (Å²) in [5, 5.41) is 15.2. The first kappa shape index (κ1) is 16.6. The molecule has 0 aliphatic heterocycles. The molecule has 0 atom stereocenters. The van der Waals surface area contributed by atoms with E-state index in [0.29, 0.717) is 11.3 Å². The van der Waals surface area contributed by atoms with E-state index in [4.69, 9.17) is 4.74 Å². The van der Waals surface area contributed by atoms with E-state index in [0.717, 1.165) is 4.88 Å². The summed E-state index contributed by atoms with van der Waals surface area (Å²) in [6.07, 6.45) is 0.112. The van der Waals surface area contributed by atoms with Crippen molar-refractivity contribution < 1.29 is 19.2 Å². The number of thiophene rings is 1. The maximum Gasteiger partial charge on any atom is 0.311 e. The van der Waals surface area contributed by atoms with Crippen LogP contribution in [0.2, 0.25) is 0 Å². The van der Waals surface area contributed by atoms with Gasteiger partial charge in [0.15, 0.2) is 6.61 Å². The maximum absolute atomic E-state index is 11.8. The Morgan fingerprint density at radius 1 is 1.30 bits per heavy atom. The first-order valence-electron chi connectivity index (χ1n) is 6.69. The lowest BCUT2D eigenvalue weighted by atomic mass is 10.1. The molecule has 0 bridgehead atoms. The number of amides is 1. The molecule has 1 aromatic carbocycles. The van der Waals surface area contributed by atoms with Gasteiger partial charge in [-0.3, -0.25) is 19.7 Å². The smallest absolute Gasteiger partial charge is 0.311 e. The average molecular weight is 334 g/mol. The minimum absolute atomic E-state index is 0.0857. The molecule has 0 saturated heterocycles. The SMILES string of the molecule is Cc1c(NC(=O)COC(=O)Cc2cccs2)cccc1[N+](=O)[O-]. The maximum atomic E-state index is 11.8. The molecule has 2 aromatic rings. The molecule has 0 fully saturated rings. The quantitative estimate of drug-likeness (QED) is 0.497. The third-order valence-electron chi connectivity index (χ3n) is 3.04. The van der Waals surface area contributed by atoms with E-state index in [1.54, 1.807) is 12.1 Å². The van der Waals surface area contributed by atoms with Gasteiger partial charge in [-0.2, -0.15) is 0 Å². The van der Waals surface area contributed by atoms with Gasteiger partial charge in [0.1, 0.15) is 0 Å². The Bertz CT molecular complexity index is 727. The number of nitrogens with one attached hydrogen (secondary N) is 1. The molecule has 0 spiro atoms. The highest BCUT2D eigenvalue weighted by atomic mass is 32.1. The molecular weight excluding hydrogens is 320 g/mol. The van der Waals surface area contributed by atoms with Crippen molar-refractivity contribution in [1.82, 2.24) is 0 Å². The lowest BCUT2D eigenvalue weighted by Gasteiger charge is -2.09. The molecule has 0 unspecified atom stereocenters. The van der Waals surface area contributed by atoms with Gasteiger partial charge >= 0.3 is 5.97 Å². The fourth-order valence-electron chi connectivity index (χ4n) is 1.90. The summed E-state index contributed by atoms with van der Waals surface area (Å²) in [5.41, 5.74) is 0.576. The molecule has 1 heterocycles. The van der Waals surface area contributed by atoms with Crippen molar-refractivity contribution in [2.75, 3.05) is 11.9 Å². The van der Waals surface area contributed by atoms with E-state index in [2.05, 4.69) is 5.32 Å². The minimum atomic E-state index is -0.548. The second kappa shape index (κ2) is 7.50. The lowest BCUT2D eigenvalue weighted by molar-refractivity contribution is -0.385. The van der Waals surface area contributed by atoms with Crippen molar-refractivity contribution in [3.05, 3.63) is 56.3 Å². The second-order valence-electron chi connectivity index (χ2n) is 4.67. The van der Waals surface area contributed by atoms with Crippen molar-refractivity contribution in [1.29, 1.82) is 0 Å². The Kier molecular flexibility index (Phi) is 5.42. The van der Waals surface area contributed by atoms with E-state index >= 15 is 0 Å². The van der Waals surface area contributed by atoms with Crippen LogP contribution in [0.5, 0.6) is 0 Å². The first-order valence-corrected chi connectivity index (χ1v) is 7.57. The Morgan fingerprint density at radius 3 is 2.74 bits per heavy atom. The van der Waals surface area contributed by atoms with Gasteiger partial charge < -0.3 is 10.1 Å². The van der Waals surface area contributed by atoms with Crippen molar-refractivity contribution in [3.63, 3.8) is 0 Å². The molecule has 0 aliphatic rings. The zero-order valence-electron chi connectivity index (χ0n) is 12.3. The van der Waals surface area contributed by atoms with Crippen molar-refractivity contribution >= 4 is 34.6 Å².